The Labute approximate surface area is 83.5 Å². The Hall–Kier alpha value is -1.32. The van der Waals surface area contributed by atoms with Crippen molar-refractivity contribution in [2.45, 2.75) is 26.2 Å². The summed E-state index contributed by atoms with van der Waals surface area (Å²) in [6, 6.07) is 0. The highest BCUT2D eigenvalue weighted by Gasteiger charge is 2.48. The average Bonchev–Trinajstić information content (AvgIpc) is 2.75. The van der Waals surface area contributed by atoms with Gasteiger partial charge in [-0.1, -0.05) is 13.8 Å². The van der Waals surface area contributed by atoms with Crippen LogP contribution in [0.5, 0.6) is 5.75 Å². The van der Waals surface area contributed by atoms with E-state index in [9.17, 15) is 0 Å². The number of anilines is 1. The van der Waals surface area contributed by atoms with E-state index < -0.39 is 0 Å². The SMILES string of the molecule is COc1cnc(C2CC2(C)C)nc1N. The Morgan fingerprint density at radius 2 is 2.21 bits per heavy atom. The smallest absolute Gasteiger partial charge is 0.179 e. The van der Waals surface area contributed by atoms with Crippen molar-refractivity contribution in [3.05, 3.63) is 12.0 Å². The number of aromatic nitrogens is 2. The fourth-order valence-corrected chi connectivity index (χ4v) is 1.63. The van der Waals surface area contributed by atoms with Crippen LogP contribution in [0.25, 0.3) is 0 Å². The van der Waals surface area contributed by atoms with E-state index in [1.165, 1.54) is 0 Å². The molecule has 0 bridgehead atoms. The van der Waals surface area contributed by atoms with E-state index >= 15 is 0 Å². The molecule has 4 nitrogen and oxygen atoms in total. The molecule has 1 atom stereocenters. The Morgan fingerprint density at radius 1 is 1.57 bits per heavy atom. The molecule has 1 aromatic heterocycles. The number of rotatable bonds is 2. The lowest BCUT2D eigenvalue weighted by Crippen LogP contribution is -2.02. The summed E-state index contributed by atoms with van der Waals surface area (Å²) in [6.07, 6.45) is 2.78. The van der Waals surface area contributed by atoms with E-state index in [0.717, 1.165) is 12.2 Å². The molecule has 1 aliphatic rings. The maximum Gasteiger partial charge on any atom is 0.179 e. The predicted molar refractivity (Wildman–Crippen MR) is 54.1 cm³/mol. The van der Waals surface area contributed by atoms with Gasteiger partial charge in [0.25, 0.3) is 0 Å². The lowest BCUT2D eigenvalue weighted by Gasteiger charge is -2.06. The maximum atomic E-state index is 5.71. The number of nitrogen functional groups attached to an aromatic ring is 1. The zero-order valence-electron chi connectivity index (χ0n) is 8.74. The van der Waals surface area contributed by atoms with Gasteiger partial charge in [-0.15, -0.1) is 0 Å². The first kappa shape index (κ1) is 9.24. The Morgan fingerprint density at radius 3 is 2.64 bits per heavy atom. The summed E-state index contributed by atoms with van der Waals surface area (Å²) in [5, 5.41) is 0. The minimum absolute atomic E-state index is 0.334. The molecule has 2 rings (SSSR count). The van der Waals surface area contributed by atoms with Gasteiger partial charge < -0.3 is 10.5 Å². The van der Waals surface area contributed by atoms with Gasteiger partial charge in [-0.25, -0.2) is 9.97 Å². The quantitative estimate of drug-likeness (QED) is 0.774. The van der Waals surface area contributed by atoms with Gasteiger partial charge in [0.1, 0.15) is 5.82 Å². The number of hydrogen-bond donors (Lipinski definition) is 1. The number of nitrogens with zero attached hydrogens (tertiary/aromatic N) is 2. The molecular formula is C10H15N3O. The molecule has 76 valence electrons. The summed E-state index contributed by atoms with van der Waals surface area (Å²) < 4.78 is 5.00. The molecule has 14 heavy (non-hydrogen) atoms. The first-order valence-electron chi connectivity index (χ1n) is 4.71. The molecule has 1 aromatic rings. The fourth-order valence-electron chi connectivity index (χ4n) is 1.63. The second-order valence-electron chi connectivity index (χ2n) is 4.43. The molecule has 1 fully saturated rings. The molecule has 0 radical (unpaired) electrons. The first-order valence-corrected chi connectivity index (χ1v) is 4.71. The number of methoxy groups -OCH3 is 1. The van der Waals surface area contributed by atoms with E-state index in [0.29, 0.717) is 22.9 Å². The van der Waals surface area contributed by atoms with Crippen LogP contribution in [-0.2, 0) is 0 Å². The molecule has 1 unspecified atom stereocenters. The minimum atomic E-state index is 0.334. The van der Waals surface area contributed by atoms with Gasteiger partial charge in [0, 0.05) is 5.92 Å². The minimum Gasteiger partial charge on any atom is -0.491 e. The summed E-state index contributed by atoms with van der Waals surface area (Å²) in [7, 11) is 1.57. The van der Waals surface area contributed by atoms with Crippen molar-refractivity contribution < 1.29 is 4.74 Å². The fraction of sp³-hybridized carbons (Fsp3) is 0.600. The van der Waals surface area contributed by atoms with E-state index in [1.807, 2.05) is 0 Å². The molecular weight excluding hydrogens is 178 g/mol. The summed E-state index contributed by atoms with van der Waals surface area (Å²) >= 11 is 0. The average molecular weight is 193 g/mol. The molecule has 4 heteroatoms. The lowest BCUT2D eigenvalue weighted by molar-refractivity contribution is 0.412. The third-order valence-electron chi connectivity index (χ3n) is 2.85. The predicted octanol–water partition coefficient (Wildman–Crippen LogP) is 1.58. The van der Waals surface area contributed by atoms with Crippen molar-refractivity contribution >= 4 is 5.82 Å². The van der Waals surface area contributed by atoms with Gasteiger partial charge in [0.05, 0.1) is 13.3 Å². The molecule has 1 saturated carbocycles. The van der Waals surface area contributed by atoms with Gasteiger partial charge in [0.2, 0.25) is 0 Å². The van der Waals surface area contributed by atoms with E-state index in [2.05, 4.69) is 23.8 Å². The van der Waals surface area contributed by atoms with Crippen LogP contribution in [0.3, 0.4) is 0 Å². The van der Waals surface area contributed by atoms with E-state index in [4.69, 9.17) is 10.5 Å². The highest BCUT2D eigenvalue weighted by Crippen LogP contribution is 2.57. The second kappa shape index (κ2) is 2.83. The van der Waals surface area contributed by atoms with Crippen LogP contribution in [0.2, 0.25) is 0 Å². The van der Waals surface area contributed by atoms with Crippen LogP contribution in [0.15, 0.2) is 6.20 Å². The molecule has 0 spiro atoms. The summed E-state index contributed by atoms with van der Waals surface area (Å²) in [4.78, 5) is 8.50. The summed E-state index contributed by atoms with van der Waals surface area (Å²) in [5.41, 5.74) is 6.04. The highest BCUT2D eigenvalue weighted by atomic mass is 16.5. The molecule has 0 amide bonds. The van der Waals surface area contributed by atoms with Crippen LogP contribution in [0.4, 0.5) is 5.82 Å². The number of hydrogen-bond acceptors (Lipinski definition) is 4. The van der Waals surface area contributed by atoms with E-state index in [1.54, 1.807) is 13.3 Å². The topological polar surface area (TPSA) is 61.0 Å². The van der Waals surface area contributed by atoms with Gasteiger partial charge in [-0.2, -0.15) is 0 Å². The van der Waals surface area contributed by atoms with Crippen LogP contribution in [-0.4, -0.2) is 17.1 Å². The van der Waals surface area contributed by atoms with Crippen molar-refractivity contribution in [1.82, 2.24) is 9.97 Å². The van der Waals surface area contributed by atoms with Crippen LogP contribution in [0.1, 0.15) is 32.0 Å². The van der Waals surface area contributed by atoms with Crippen LogP contribution < -0.4 is 10.5 Å². The van der Waals surface area contributed by atoms with Gasteiger partial charge >= 0.3 is 0 Å². The Balaban J connectivity index is 2.26. The zero-order chi connectivity index (χ0) is 10.3. The van der Waals surface area contributed by atoms with Crippen molar-refractivity contribution in [1.29, 1.82) is 0 Å². The molecule has 0 saturated heterocycles. The number of ether oxygens (including phenoxy) is 1. The Bertz CT molecular complexity index is 362. The Kier molecular flexibility index (Phi) is 1.87. The molecule has 1 aliphatic carbocycles. The van der Waals surface area contributed by atoms with E-state index in [-0.39, 0.29) is 0 Å². The van der Waals surface area contributed by atoms with Crippen molar-refractivity contribution in [3.63, 3.8) is 0 Å². The monoisotopic (exact) mass is 193 g/mol. The first-order chi connectivity index (χ1) is 6.54. The number of nitrogens with two attached hydrogens (primary N) is 1. The van der Waals surface area contributed by atoms with Crippen LogP contribution >= 0.6 is 0 Å². The molecule has 1 heterocycles. The highest BCUT2D eigenvalue weighted by molar-refractivity contribution is 5.44. The third kappa shape index (κ3) is 1.41. The molecule has 0 aliphatic heterocycles. The van der Waals surface area contributed by atoms with Gasteiger partial charge in [-0.05, 0) is 11.8 Å². The lowest BCUT2D eigenvalue weighted by atomic mass is 10.1. The van der Waals surface area contributed by atoms with Crippen molar-refractivity contribution in [2.24, 2.45) is 5.41 Å². The third-order valence-corrected chi connectivity index (χ3v) is 2.85. The van der Waals surface area contributed by atoms with Crippen LogP contribution in [0, 0.1) is 5.41 Å². The van der Waals surface area contributed by atoms with Gasteiger partial charge in [-0.3, -0.25) is 0 Å². The summed E-state index contributed by atoms with van der Waals surface area (Å²) in [6.45, 7) is 4.42. The standard InChI is InChI=1S/C10H15N3O/c1-10(2)4-6(10)9-12-5-7(14-3)8(11)13-9/h5-6H,4H2,1-3H3,(H2,11,12,13). The van der Waals surface area contributed by atoms with Crippen molar-refractivity contribution in [3.8, 4) is 5.75 Å². The second-order valence-corrected chi connectivity index (χ2v) is 4.43. The normalized spacial score (nSPS) is 23.2. The maximum absolute atomic E-state index is 5.71. The largest absolute Gasteiger partial charge is 0.491 e. The molecule has 0 aromatic carbocycles. The zero-order valence-corrected chi connectivity index (χ0v) is 8.74. The van der Waals surface area contributed by atoms with Crippen molar-refractivity contribution in [2.75, 3.05) is 12.8 Å². The summed E-state index contributed by atoms with van der Waals surface area (Å²) in [5.74, 6) is 2.27. The molecule has 2 N–H and O–H groups in total. The van der Waals surface area contributed by atoms with Gasteiger partial charge in [0.15, 0.2) is 11.6 Å².